The average molecular weight is 355 g/mol. The molecule has 0 aliphatic rings. The molecule has 7 nitrogen and oxygen atoms in total. The third kappa shape index (κ3) is 5.94. The largest absolute Gasteiger partial charge is 0.467 e. The molecule has 0 bridgehead atoms. The van der Waals surface area contributed by atoms with Crippen LogP contribution in [0.25, 0.3) is 0 Å². The van der Waals surface area contributed by atoms with Gasteiger partial charge in [0, 0.05) is 24.7 Å². The maximum absolute atomic E-state index is 12.2. The first-order valence-corrected chi connectivity index (χ1v) is 8.05. The molecule has 0 radical (unpaired) electrons. The second-order valence-electron chi connectivity index (χ2n) is 5.62. The number of benzene rings is 2. The van der Waals surface area contributed by atoms with Crippen molar-refractivity contribution in [1.82, 2.24) is 5.32 Å². The smallest absolute Gasteiger partial charge is 0.328 e. The predicted molar refractivity (Wildman–Crippen MR) is 98.9 cm³/mol. The number of nitrogens with one attached hydrogen (secondary N) is 3. The number of amides is 3. The minimum absolute atomic E-state index is 0.176. The number of rotatable bonds is 6. The lowest BCUT2D eigenvalue weighted by Gasteiger charge is -2.17. The Morgan fingerprint density at radius 3 is 2.04 bits per heavy atom. The number of esters is 1. The molecule has 0 aromatic heterocycles. The molecule has 136 valence electrons. The van der Waals surface area contributed by atoms with Crippen LogP contribution < -0.4 is 16.0 Å². The summed E-state index contributed by atoms with van der Waals surface area (Å²) in [6.45, 7) is 1.42. The van der Waals surface area contributed by atoms with Crippen LogP contribution >= 0.6 is 0 Å². The van der Waals surface area contributed by atoms with Crippen LogP contribution in [0.1, 0.15) is 12.5 Å². The highest BCUT2D eigenvalue weighted by molar-refractivity contribution is 5.93. The molecule has 0 saturated carbocycles. The fraction of sp³-hybridized carbons (Fsp3) is 0.211. The minimum Gasteiger partial charge on any atom is -0.467 e. The molecule has 0 spiro atoms. The van der Waals surface area contributed by atoms with Gasteiger partial charge in [-0.25, -0.2) is 9.59 Å². The van der Waals surface area contributed by atoms with Crippen LogP contribution in [0.3, 0.4) is 0 Å². The molecule has 0 heterocycles. The Morgan fingerprint density at radius 2 is 1.50 bits per heavy atom. The zero-order valence-electron chi connectivity index (χ0n) is 14.6. The van der Waals surface area contributed by atoms with E-state index >= 15 is 0 Å². The zero-order valence-corrected chi connectivity index (χ0v) is 14.6. The van der Waals surface area contributed by atoms with Gasteiger partial charge in [0.1, 0.15) is 6.04 Å². The number of anilines is 2. The molecular weight excluding hydrogens is 334 g/mol. The normalized spacial score (nSPS) is 11.2. The summed E-state index contributed by atoms with van der Waals surface area (Å²) in [7, 11) is 1.28. The fourth-order valence-electron chi connectivity index (χ4n) is 2.35. The highest BCUT2D eigenvalue weighted by atomic mass is 16.5. The number of hydrogen-bond acceptors (Lipinski definition) is 4. The Hall–Kier alpha value is -3.35. The molecular formula is C19H21N3O4. The molecule has 0 aliphatic carbocycles. The Kier molecular flexibility index (Phi) is 6.73. The van der Waals surface area contributed by atoms with E-state index in [1.807, 2.05) is 30.3 Å². The lowest BCUT2D eigenvalue weighted by Crippen LogP contribution is -2.45. The van der Waals surface area contributed by atoms with Gasteiger partial charge in [0.15, 0.2) is 0 Å². The number of methoxy groups -OCH3 is 1. The maximum atomic E-state index is 12.2. The summed E-state index contributed by atoms with van der Waals surface area (Å²) in [5.41, 5.74) is 2.06. The van der Waals surface area contributed by atoms with Crippen LogP contribution in [0, 0.1) is 0 Å². The fourth-order valence-corrected chi connectivity index (χ4v) is 2.35. The first-order chi connectivity index (χ1) is 12.5. The molecule has 2 aromatic carbocycles. The van der Waals surface area contributed by atoms with Crippen LogP contribution in [-0.2, 0) is 20.7 Å². The minimum atomic E-state index is -0.805. The molecule has 0 fully saturated rings. The summed E-state index contributed by atoms with van der Waals surface area (Å²) in [4.78, 5) is 35.1. The van der Waals surface area contributed by atoms with Gasteiger partial charge in [-0.2, -0.15) is 0 Å². The van der Waals surface area contributed by atoms with Crippen molar-refractivity contribution in [2.75, 3.05) is 17.7 Å². The number of hydrogen-bond donors (Lipinski definition) is 3. The Labute approximate surface area is 151 Å². The van der Waals surface area contributed by atoms with E-state index in [1.54, 1.807) is 24.3 Å². The van der Waals surface area contributed by atoms with Crippen molar-refractivity contribution in [3.05, 3.63) is 60.2 Å². The van der Waals surface area contributed by atoms with E-state index in [2.05, 4.69) is 16.0 Å². The summed E-state index contributed by atoms with van der Waals surface area (Å²) >= 11 is 0. The quantitative estimate of drug-likeness (QED) is 0.694. The molecule has 2 aromatic rings. The van der Waals surface area contributed by atoms with Crippen molar-refractivity contribution in [1.29, 1.82) is 0 Å². The molecule has 0 saturated heterocycles. The van der Waals surface area contributed by atoms with Gasteiger partial charge < -0.3 is 20.7 Å². The van der Waals surface area contributed by atoms with Crippen LogP contribution in [0.2, 0.25) is 0 Å². The van der Waals surface area contributed by atoms with Crippen LogP contribution in [0.5, 0.6) is 0 Å². The number of ether oxygens (including phenoxy) is 1. The molecule has 2 rings (SSSR count). The predicted octanol–water partition coefficient (Wildman–Crippen LogP) is 2.55. The molecule has 0 aliphatic heterocycles. The van der Waals surface area contributed by atoms with Crippen molar-refractivity contribution in [3.63, 3.8) is 0 Å². The van der Waals surface area contributed by atoms with Gasteiger partial charge in [-0.1, -0.05) is 30.3 Å². The monoisotopic (exact) mass is 355 g/mol. The van der Waals surface area contributed by atoms with Gasteiger partial charge in [-0.3, -0.25) is 4.79 Å². The lowest BCUT2D eigenvalue weighted by atomic mass is 10.1. The second kappa shape index (κ2) is 9.22. The zero-order chi connectivity index (χ0) is 18.9. The topological polar surface area (TPSA) is 96.5 Å². The van der Waals surface area contributed by atoms with E-state index in [1.165, 1.54) is 14.0 Å². The average Bonchev–Trinajstić information content (AvgIpc) is 2.62. The standard InChI is InChI=1S/C19H21N3O4/c1-13(23)20-15-8-10-16(11-9-15)21-19(25)22-17(18(24)26-2)12-14-6-4-3-5-7-14/h3-11,17H,12H2,1-2H3,(H,20,23)(H2,21,22,25)/t17-/m0/s1. The highest BCUT2D eigenvalue weighted by Gasteiger charge is 2.22. The molecule has 3 N–H and O–H groups in total. The Balaban J connectivity index is 1.98. The first kappa shape index (κ1) is 19.0. The maximum Gasteiger partial charge on any atom is 0.328 e. The first-order valence-electron chi connectivity index (χ1n) is 8.05. The molecule has 7 heteroatoms. The molecule has 26 heavy (non-hydrogen) atoms. The van der Waals surface area contributed by atoms with Crippen molar-refractivity contribution in [2.24, 2.45) is 0 Å². The van der Waals surface area contributed by atoms with Gasteiger partial charge >= 0.3 is 12.0 Å². The van der Waals surface area contributed by atoms with Crippen LogP contribution in [0.15, 0.2) is 54.6 Å². The number of urea groups is 1. The summed E-state index contributed by atoms with van der Waals surface area (Å²) in [5.74, 6) is -0.699. The number of carbonyl (C=O) groups is 3. The summed E-state index contributed by atoms with van der Waals surface area (Å²) in [6, 6.07) is 14.6. The second-order valence-corrected chi connectivity index (χ2v) is 5.62. The van der Waals surface area contributed by atoms with Gasteiger partial charge in [0.05, 0.1) is 7.11 Å². The summed E-state index contributed by atoms with van der Waals surface area (Å²) < 4.78 is 4.77. The number of carbonyl (C=O) groups excluding carboxylic acids is 3. The molecule has 3 amide bonds. The lowest BCUT2D eigenvalue weighted by molar-refractivity contribution is -0.142. The van der Waals surface area contributed by atoms with Gasteiger partial charge in [0.25, 0.3) is 0 Å². The van der Waals surface area contributed by atoms with Crippen LogP contribution in [0.4, 0.5) is 16.2 Å². The molecule has 1 atom stereocenters. The third-order valence-corrected chi connectivity index (χ3v) is 3.54. The Bertz CT molecular complexity index is 760. The highest BCUT2D eigenvalue weighted by Crippen LogP contribution is 2.13. The molecule has 0 unspecified atom stereocenters. The van der Waals surface area contributed by atoms with E-state index in [-0.39, 0.29) is 5.91 Å². The van der Waals surface area contributed by atoms with E-state index in [9.17, 15) is 14.4 Å². The summed E-state index contributed by atoms with van der Waals surface area (Å²) in [6.07, 6.45) is 0.322. The third-order valence-electron chi connectivity index (χ3n) is 3.54. The van der Waals surface area contributed by atoms with Crippen molar-refractivity contribution < 1.29 is 19.1 Å². The van der Waals surface area contributed by atoms with Crippen molar-refractivity contribution in [2.45, 2.75) is 19.4 Å². The van der Waals surface area contributed by atoms with Gasteiger partial charge in [0.2, 0.25) is 5.91 Å². The van der Waals surface area contributed by atoms with Crippen LogP contribution in [-0.4, -0.2) is 31.1 Å². The SMILES string of the molecule is COC(=O)[C@H](Cc1ccccc1)NC(=O)Nc1ccc(NC(C)=O)cc1. The van der Waals surface area contributed by atoms with Gasteiger partial charge in [-0.05, 0) is 29.8 Å². The van der Waals surface area contributed by atoms with E-state index in [4.69, 9.17) is 4.74 Å². The van der Waals surface area contributed by atoms with Gasteiger partial charge in [-0.15, -0.1) is 0 Å². The van der Waals surface area contributed by atoms with Crippen molar-refractivity contribution in [3.8, 4) is 0 Å². The summed E-state index contributed by atoms with van der Waals surface area (Å²) in [5, 5.41) is 7.90. The van der Waals surface area contributed by atoms with Crippen molar-refractivity contribution >= 4 is 29.3 Å². The Morgan fingerprint density at radius 1 is 0.923 bits per heavy atom. The van der Waals surface area contributed by atoms with E-state index in [0.717, 1.165) is 5.56 Å². The van der Waals surface area contributed by atoms with E-state index < -0.39 is 18.0 Å². The van der Waals surface area contributed by atoms with E-state index in [0.29, 0.717) is 17.8 Å².